The summed E-state index contributed by atoms with van der Waals surface area (Å²) in [7, 11) is 1.72. The van der Waals surface area contributed by atoms with Crippen molar-refractivity contribution in [3.63, 3.8) is 0 Å². The molecule has 0 amide bonds. The minimum absolute atomic E-state index is 0.305. The van der Waals surface area contributed by atoms with Crippen molar-refractivity contribution in [2.24, 2.45) is 4.99 Å². The van der Waals surface area contributed by atoms with Crippen molar-refractivity contribution in [1.29, 1.82) is 0 Å². The lowest BCUT2D eigenvalue weighted by atomic mass is 10.2. The first-order valence-electron chi connectivity index (χ1n) is 10.7. The second-order valence-corrected chi connectivity index (χ2v) is 7.45. The summed E-state index contributed by atoms with van der Waals surface area (Å²) in [6, 6.07) is 18.3. The van der Waals surface area contributed by atoms with Crippen molar-refractivity contribution < 1.29 is 9.15 Å². The summed E-state index contributed by atoms with van der Waals surface area (Å²) in [6.45, 7) is 5.18. The molecule has 1 atom stereocenters. The van der Waals surface area contributed by atoms with Crippen LogP contribution in [-0.2, 0) is 6.54 Å². The normalized spacial score (nSPS) is 16.4. The molecule has 0 radical (unpaired) electrons. The molecule has 1 unspecified atom stereocenters. The molecule has 1 aliphatic rings. The van der Waals surface area contributed by atoms with Gasteiger partial charge < -0.3 is 24.7 Å². The Hall–Kier alpha value is -3.48. The lowest BCUT2D eigenvalue weighted by Crippen LogP contribution is -2.44. The SMILES string of the molecule is CCNC(=NCc1coc(-c2ccccc2)n1)NC1CCN(c2ccccc2OC)C1. The number of aromatic nitrogens is 1. The van der Waals surface area contributed by atoms with Gasteiger partial charge in [0.1, 0.15) is 17.7 Å². The third kappa shape index (κ3) is 5.17. The highest BCUT2D eigenvalue weighted by molar-refractivity contribution is 5.80. The minimum Gasteiger partial charge on any atom is -0.495 e. The van der Waals surface area contributed by atoms with Crippen LogP contribution in [0.4, 0.5) is 5.69 Å². The van der Waals surface area contributed by atoms with Crippen molar-refractivity contribution >= 4 is 11.6 Å². The minimum atomic E-state index is 0.305. The standard InChI is InChI=1S/C24H29N5O2/c1-3-25-24(26-15-20-17-31-23(27-20)18-9-5-4-6-10-18)28-19-13-14-29(16-19)21-11-7-8-12-22(21)30-2/h4-12,17,19H,3,13-16H2,1-2H3,(H2,25,26,28). The van der Waals surface area contributed by atoms with Gasteiger partial charge in [0.05, 0.1) is 19.3 Å². The molecule has 3 aromatic rings. The van der Waals surface area contributed by atoms with Gasteiger partial charge in [-0.3, -0.25) is 0 Å². The Labute approximate surface area is 183 Å². The number of hydrogen-bond acceptors (Lipinski definition) is 5. The lowest BCUT2D eigenvalue weighted by molar-refractivity contribution is 0.415. The Bertz CT molecular complexity index is 1000. The maximum absolute atomic E-state index is 5.62. The number of guanidine groups is 1. The molecule has 31 heavy (non-hydrogen) atoms. The van der Waals surface area contributed by atoms with E-state index in [1.807, 2.05) is 48.5 Å². The van der Waals surface area contributed by atoms with E-state index in [1.165, 1.54) is 0 Å². The Morgan fingerprint density at radius 3 is 2.81 bits per heavy atom. The van der Waals surface area contributed by atoms with Crippen molar-refractivity contribution in [1.82, 2.24) is 15.6 Å². The molecule has 0 aliphatic carbocycles. The highest BCUT2D eigenvalue weighted by Crippen LogP contribution is 2.30. The molecule has 7 heteroatoms. The molecule has 2 aromatic carbocycles. The number of ether oxygens (including phenoxy) is 1. The predicted octanol–water partition coefficient (Wildman–Crippen LogP) is 3.68. The summed E-state index contributed by atoms with van der Waals surface area (Å²) < 4.78 is 11.1. The number of para-hydroxylation sites is 2. The molecule has 0 spiro atoms. The van der Waals surface area contributed by atoms with Crippen LogP contribution < -0.4 is 20.3 Å². The van der Waals surface area contributed by atoms with Crippen molar-refractivity contribution in [2.45, 2.75) is 25.9 Å². The van der Waals surface area contributed by atoms with Gasteiger partial charge in [0.15, 0.2) is 5.96 Å². The summed E-state index contributed by atoms with van der Waals surface area (Å²) in [5.41, 5.74) is 2.90. The fourth-order valence-corrected chi connectivity index (χ4v) is 3.75. The second-order valence-electron chi connectivity index (χ2n) is 7.45. The Morgan fingerprint density at radius 2 is 2.00 bits per heavy atom. The topological polar surface area (TPSA) is 74.9 Å². The van der Waals surface area contributed by atoms with Crippen LogP contribution >= 0.6 is 0 Å². The van der Waals surface area contributed by atoms with Crippen molar-refractivity contribution in [3.8, 4) is 17.2 Å². The van der Waals surface area contributed by atoms with E-state index >= 15 is 0 Å². The number of anilines is 1. The van der Waals surface area contributed by atoms with Crippen LogP contribution in [0, 0.1) is 0 Å². The van der Waals surface area contributed by atoms with Gasteiger partial charge in [-0.05, 0) is 37.6 Å². The monoisotopic (exact) mass is 419 g/mol. The molecule has 1 aromatic heterocycles. The van der Waals surface area contributed by atoms with Gasteiger partial charge in [-0.1, -0.05) is 30.3 Å². The van der Waals surface area contributed by atoms with Crippen LogP contribution in [-0.4, -0.2) is 43.7 Å². The molecule has 2 N–H and O–H groups in total. The van der Waals surface area contributed by atoms with E-state index in [1.54, 1.807) is 13.4 Å². The Kier molecular flexibility index (Phi) is 6.72. The average Bonchev–Trinajstić information content (AvgIpc) is 3.48. The fourth-order valence-electron chi connectivity index (χ4n) is 3.75. The number of aliphatic imine (C=N–C) groups is 1. The maximum atomic E-state index is 5.62. The van der Waals surface area contributed by atoms with E-state index < -0.39 is 0 Å². The first-order valence-corrected chi connectivity index (χ1v) is 10.7. The predicted molar refractivity (Wildman–Crippen MR) is 124 cm³/mol. The molecule has 0 saturated carbocycles. The summed E-state index contributed by atoms with van der Waals surface area (Å²) in [5.74, 6) is 2.31. The zero-order chi connectivity index (χ0) is 21.5. The van der Waals surface area contributed by atoms with E-state index in [-0.39, 0.29) is 0 Å². The summed E-state index contributed by atoms with van der Waals surface area (Å²) in [5, 5.41) is 6.89. The van der Waals surface area contributed by atoms with Crippen LogP contribution in [0.25, 0.3) is 11.5 Å². The Morgan fingerprint density at radius 1 is 1.19 bits per heavy atom. The van der Waals surface area contributed by atoms with Crippen LogP contribution in [0.1, 0.15) is 19.0 Å². The van der Waals surface area contributed by atoms with Gasteiger partial charge in [-0.2, -0.15) is 0 Å². The van der Waals surface area contributed by atoms with E-state index in [2.05, 4.69) is 33.5 Å². The van der Waals surface area contributed by atoms with Crippen LogP contribution in [0.2, 0.25) is 0 Å². The number of hydrogen-bond donors (Lipinski definition) is 2. The third-order valence-corrected chi connectivity index (χ3v) is 5.27. The molecule has 0 bridgehead atoms. The molecule has 1 saturated heterocycles. The number of benzene rings is 2. The largest absolute Gasteiger partial charge is 0.495 e. The second kappa shape index (κ2) is 10.0. The van der Waals surface area contributed by atoms with Gasteiger partial charge in [0.25, 0.3) is 0 Å². The van der Waals surface area contributed by atoms with Gasteiger partial charge in [-0.15, -0.1) is 0 Å². The number of nitrogens with zero attached hydrogens (tertiary/aromatic N) is 3. The first kappa shape index (κ1) is 20.8. The molecule has 4 rings (SSSR count). The van der Waals surface area contributed by atoms with Crippen molar-refractivity contribution in [2.75, 3.05) is 31.6 Å². The Balaban J connectivity index is 1.38. The highest BCUT2D eigenvalue weighted by atomic mass is 16.5. The average molecular weight is 420 g/mol. The fraction of sp³-hybridized carbons (Fsp3) is 0.333. The van der Waals surface area contributed by atoms with Crippen LogP contribution in [0.5, 0.6) is 5.75 Å². The molecule has 1 aliphatic heterocycles. The van der Waals surface area contributed by atoms with Gasteiger partial charge >= 0.3 is 0 Å². The maximum Gasteiger partial charge on any atom is 0.226 e. The lowest BCUT2D eigenvalue weighted by Gasteiger charge is -2.22. The molecule has 1 fully saturated rings. The van der Waals surface area contributed by atoms with Crippen LogP contribution in [0.3, 0.4) is 0 Å². The molecular weight excluding hydrogens is 390 g/mol. The smallest absolute Gasteiger partial charge is 0.226 e. The number of oxazole rings is 1. The third-order valence-electron chi connectivity index (χ3n) is 5.27. The number of methoxy groups -OCH3 is 1. The van der Waals surface area contributed by atoms with E-state index in [0.717, 1.165) is 54.7 Å². The molecular formula is C24H29N5O2. The summed E-state index contributed by atoms with van der Waals surface area (Å²) in [4.78, 5) is 11.6. The summed E-state index contributed by atoms with van der Waals surface area (Å²) >= 11 is 0. The van der Waals surface area contributed by atoms with Gasteiger partial charge in [-0.25, -0.2) is 9.98 Å². The number of rotatable bonds is 7. The molecule has 7 nitrogen and oxygen atoms in total. The zero-order valence-corrected chi connectivity index (χ0v) is 18.0. The molecule has 162 valence electrons. The van der Waals surface area contributed by atoms with Gasteiger partial charge in [0.2, 0.25) is 5.89 Å². The summed E-state index contributed by atoms with van der Waals surface area (Å²) in [6.07, 6.45) is 2.71. The van der Waals surface area contributed by atoms with Crippen LogP contribution in [0.15, 0.2) is 70.3 Å². The highest BCUT2D eigenvalue weighted by Gasteiger charge is 2.25. The molecule has 2 heterocycles. The van der Waals surface area contributed by atoms with Crippen molar-refractivity contribution in [3.05, 3.63) is 66.6 Å². The number of nitrogens with one attached hydrogen (secondary N) is 2. The van der Waals surface area contributed by atoms with E-state index in [9.17, 15) is 0 Å². The quantitative estimate of drug-likeness (QED) is 0.449. The first-order chi connectivity index (χ1) is 15.3. The zero-order valence-electron chi connectivity index (χ0n) is 18.0. The van der Waals surface area contributed by atoms with E-state index in [0.29, 0.717) is 18.5 Å². The van der Waals surface area contributed by atoms with Gasteiger partial charge in [0, 0.05) is 31.2 Å². The van der Waals surface area contributed by atoms with E-state index in [4.69, 9.17) is 14.1 Å².